The van der Waals surface area contributed by atoms with Gasteiger partial charge in [0.15, 0.2) is 0 Å². The summed E-state index contributed by atoms with van der Waals surface area (Å²) < 4.78 is 0. The molecule has 0 spiro atoms. The summed E-state index contributed by atoms with van der Waals surface area (Å²) in [5.74, 6) is 1.11. The molecule has 0 atom stereocenters. The van der Waals surface area contributed by atoms with Crippen molar-refractivity contribution >= 4 is 0 Å². The lowest BCUT2D eigenvalue weighted by Crippen LogP contribution is -2.05. The van der Waals surface area contributed by atoms with E-state index >= 15 is 0 Å². The fourth-order valence-corrected chi connectivity index (χ4v) is 1.97. The van der Waals surface area contributed by atoms with Gasteiger partial charge in [0.2, 0.25) is 0 Å². The van der Waals surface area contributed by atoms with Crippen LogP contribution in [0.25, 0.3) is 0 Å². The zero-order valence-corrected chi connectivity index (χ0v) is 9.96. The normalized spacial score (nSPS) is 11.4. The van der Waals surface area contributed by atoms with Gasteiger partial charge in [-0.1, -0.05) is 34.6 Å². The Bertz CT molecular complexity index is 300. The third kappa shape index (κ3) is 2.14. The van der Waals surface area contributed by atoms with Crippen LogP contribution in [0.1, 0.15) is 63.3 Å². The molecule has 0 fully saturated rings. The van der Waals surface area contributed by atoms with E-state index in [0.717, 1.165) is 6.42 Å². The summed E-state index contributed by atoms with van der Waals surface area (Å²) in [6, 6.07) is 2.15. The highest BCUT2D eigenvalue weighted by atomic mass is 14.7. The molecule has 1 nitrogen and oxygen atoms in total. The van der Waals surface area contributed by atoms with Gasteiger partial charge in [0.1, 0.15) is 0 Å². The van der Waals surface area contributed by atoms with Gasteiger partial charge in [0, 0.05) is 11.9 Å². The highest BCUT2D eigenvalue weighted by Gasteiger charge is 2.14. The predicted octanol–water partition coefficient (Wildman–Crippen LogP) is 3.89. The highest BCUT2D eigenvalue weighted by Crippen LogP contribution is 2.27. The quantitative estimate of drug-likeness (QED) is 0.706. The Hall–Kier alpha value is -0.850. The molecule has 0 radical (unpaired) electrons. The van der Waals surface area contributed by atoms with E-state index in [9.17, 15) is 0 Å². The van der Waals surface area contributed by atoms with Gasteiger partial charge in [-0.3, -0.25) is 4.98 Å². The highest BCUT2D eigenvalue weighted by molar-refractivity contribution is 5.34. The maximum absolute atomic E-state index is 4.51. The number of pyridine rings is 1. The predicted molar refractivity (Wildman–Crippen MR) is 61.8 cm³/mol. The fraction of sp³-hybridized carbons (Fsp3) is 0.615. The van der Waals surface area contributed by atoms with Crippen molar-refractivity contribution in [3.8, 4) is 0 Å². The lowest BCUT2D eigenvalue weighted by atomic mass is 9.90. The molecule has 78 valence electrons. The van der Waals surface area contributed by atoms with Crippen molar-refractivity contribution in [1.29, 1.82) is 0 Å². The lowest BCUT2D eigenvalue weighted by Gasteiger charge is -2.18. The van der Waals surface area contributed by atoms with Crippen molar-refractivity contribution in [3.63, 3.8) is 0 Å². The second kappa shape index (κ2) is 4.59. The van der Waals surface area contributed by atoms with Crippen LogP contribution in [0.4, 0.5) is 0 Å². The Morgan fingerprint density at radius 1 is 1.14 bits per heavy atom. The van der Waals surface area contributed by atoms with Crippen LogP contribution >= 0.6 is 0 Å². The van der Waals surface area contributed by atoms with E-state index in [0.29, 0.717) is 11.8 Å². The standard InChI is InChI=1S/C13H21N/c1-6-11-7-8-14-13(10(4)5)12(11)9(2)3/h7-10H,6H2,1-5H3. The molecule has 1 aromatic rings. The molecule has 14 heavy (non-hydrogen) atoms. The van der Waals surface area contributed by atoms with Crippen molar-refractivity contribution < 1.29 is 0 Å². The molecule has 0 amide bonds. The van der Waals surface area contributed by atoms with Crippen LogP contribution in [0.3, 0.4) is 0 Å². The molecule has 0 bridgehead atoms. The third-order valence-corrected chi connectivity index (χ3v) is 2.62. The van der Waals surface area contributed by atoms with E-state index in [2.05, 4.69) is 45.7 Å². The molecule has 1 heteroatoms. The van der Waals surface area contributed by atoms with E-state index in [1.807, 2.05) is 6.20 Å². The van der Waals surface area contributed by atoms with Gasteiger partial charge in [-0.05, 0) is 35.4 Å². The van der Waals surface area contributed by atoms with Gasteiger partial charge in [0.25, 0.3) is 0 Å². The van der Waals surface area contributed by atoms with Crippen LogP contribution in [-0.2, 0) is 6.42 Å². The van der Waals surface area contributed by atoms with Crippen molar-refractivity contribution in [2.75, 3.05) is 0 Å². The molecule has 0 saturated heterocycles. The largest absolute Gasteiger partial charge is 0.261 e. The molecule has 0 aliphatic carbocycles. The average Bonchev–Trinajstić information content (AvgIpc) is 2.16. The Kier molecular flexibility index (Phi) is 3.68. The van der Waals surface area contributed by atoms with Crippen LogP contribution in [-0.4, -0.2) is 4.98 Å². The average molecular weight is 191 g/mol. The summed E-state index contributed by atoms with van der Waals surface area (Å²) in [5.41, 5.74) is 4.20. The van der Waals surface area contributed by atoms with Crippen molar-refractivity contribution in [3.05, 3.63) is 29.1 Å². The van der Waals surface area contributed by atoms with Crippen molar-refractivity contribution in [2.45, 2.75) is 52.9 Å². The number of rotatable bonds is 3. The minimum Gasteiger partial charge on any atom is -0.261 e. The van der Waals surface area contributed by atoms with Gasteiger partial charge in [-0.25, -0.2) is 0 Å². The monoisotopic (exact) mass is 191 g/mol. The van der Waals surface area contributed by atoms with Crippen LogP contribution in [0, 0.1) is 0 Å². The maximum atomic E-state index is 4.51. The topological polar surface area (TPSA) is 12.9 Å². The molecule has 0 aliphatic heterocycles. The summed E-state index contributed by atoms with van der Waals surface area (Å²) in [7, 11) is 0. The summed E-state index contributed by atoms with van der Waals surface area (Å²) in [6.07, 6.45) is 3.05. The Morgan fingerprint density at radius 3 is 2.21 bits per heavy atom. The van der Waals surface area contributed by atoms with E-state index in [4.69, 9.17) is 0 Å². The first-order chi connectivity index (χ1) is 6.57. The van der Waals surface area contributed by atoms with Crippen LogP contribution < -0.4 is 0 Å². The maximum Gasteiger partial charge on any atom is 0.0466 e. The first-order valence-corrected chi connectivity index (χ1v) is 5.55. The summed E-state index contributed by atoms with van der Waals surface area (Å²) in [4.78, 5) is 4.51. The molecule has 0 aromatic carbocycles. The fourth-order valence-electron chi connectivity index (χ4n) is 1.97. The molecule has 1 aromatic heterocycles. The Labute approximate surface area is 87.6 Å². The zero-order valence-electron chi connectivity index (χ0n) is 9.96. The third-order valence-electron chi connectivity index (χ3n) is 2.62. The number of nitrogens with zero attached hydrogens (tertiary/aromatic N) is 1. The van der Waals surface area contributed by atoms with Gasteiger partial charge in [-0.15, -0.1) is 0 Å². The van der Waals surface area contributed by atoms with Crippen molar-refractivity contribution in [2.24, 2.45) is 0 Å². The van der Waals surface area contributed by atoms with Gasteiger partial charge < -0.3 is 0 Å². The number of hydrogen-bond acceptors (Lipinski definition) is 1. The first-order valence-electron chi connectivity index (χ1n) is 5.55. The summed E-state index contributed by atoms with van der Waals surface area (Å²) in [6.45, 7) is 11.1. The van der Waals surface area contributed by atoms with Crippen molar-refractivity contribution in [1.82, 2.24) is 4.98 Å². The zero-order chi connectivity index (χ0) is 10.7. The van der Waals surface area contributed by atoms with Crippen LogP contribution in [0.2, 0.25) is 0 Å². The van der Waals surface area contributed by atoms with E-state index < -0.39 is 0 Å². The lowest BCUT2D eigenvalue weighted by molar-refractivity contribution is 0.744. The van der Waals surface area contributed by atoms with Gasteiger partial charge >= 0.3 is 0 Å². The second-order valence-electron chi connectivity index (χ2n) is 4.43. The summed E-state index contributed by atoms with van der Waals surface area (Å²) in [5, 5.41) is 0. The van der Waals surface area contributed by atoms with Crippen LogP contribution in [0.5, 0.6) is 0 Å². The molecule has 1 heterocycles. The number of aryl methyl sites for hydroxylation is 1. The Balaban J connectivity index is 3.28. The van der Waals surface area contributed by atoms with E-state index in [-0.39, 0.29) is 0 Å². The van der Waals surface area contributed by atoms with Crippen LogP contribution in [0.15, 0.2) is 12.3 Å². The van der Waals surface area contributed by atoms with Gasteiger partial charge in [0.05, 0.1) is 0 Å². The molecule has 0 saturated carbocycles. The summed E-state index contributed by atoms with van der Waals surface area (Å²) >= 11 is 0. The molecular formula is C13H21N. The first kappa shape index (κ1) is 11.2. The van der Waals surface area contributed by atoms with E-state index in [1.165, 1.54) is 16.8 Å². The molecule has 0 unspecified atom stereocenters. The number of hydrogen-bond donors (Lipinski definition) is 0. The molecule has 0 N–H and O–H groups in total. The van der Waals surface area contributed by atoms with E-state index in [1.54, 1.807) is 0 Å². The molecular weight excluding hydrogens is 170 g/mol. The molecule has 0 aliphatic rings. The minimum atomic E-state index is 0.527. The molecule has 1 rings (SSSR count). The number of aromatic nitrogens is 1. The smallest absolute Gasteiger partial charge is 0.0466 e. The Morgan fingerprint density at radius 2 is 1.79 bits per heavy atom. The second-order valence-corrected chi connectivity index (χ2v) is 4.43. The minimum absolute atomic E-state index is 0.527. The van der Waals surface area contributed by atoms with Gasteiger partial charge in [-0.2, -0.15) is 0 Å². The SMILES string of the molecule is CCc1ccnc(C(C)C)c1C(C)C.